The van der Waals surface area contributed by atoms with Crippen molar-refractivity contribution in [3.05, 3.63) is 54.1 Å². The van der Waals surface area contributed by atoms with E-state index in [9.17, 15) is 13.2 Å². The van der Waals surface area contributed by atoms with Gasteiger partial charge in [-0.25, -0.2) is 4.79 Å². The first-order chi connectivity index (χ1) is 10.9. The zero-order chi connectivity index (χ0) is 16.9. The van der Waals surface area contributed by atoms with Crippen molar-refractivity contribution in [1.82, 2.24) is 0 Å². The van der Waals surface area contributed by atoms with Crippen LogP contribution in [0, 0.1) is 0 Å². The van der Waals surface area contributed by atoms with Crippen molar-refractivity contribution < 1.29 is 27.2 Å². The van der Waals surface area contributed by atoms with Gasteiger partial charge in [0.15, 0.2) is 0 Å². The van der Waals surface area contributed by atoms with Crippen molar-refractivity contribution in [3.8, 4) is 5.75 Å². The molecule has 7 nitrogen and oxygen atoms in total. The van der Waals surface area contributed by atoms with Crippen LogP contribution in [0.1, 0.15) is 5.56 Å². The number of amides is 1. The molecule has 0 aliphatic rings. The molecule has 0 bridgehead atoms. The maximum absolute atomic E-state index is 11.7. The molecule has 0 aliphatic carbocycles. The summed E-state index contributed by atoms with van der Waals surface area (Å²) < 4.78 is 41.6. The summed E-state index contributed by atoms with van der Waals surface area (Å²) in [5.41, 5.74) is 0.965. The van der Waals surface area contributed by atoms with Crippen molar-refractivity contribution in [2.75, 3.05) is 12.4 Å². The Kier molecular flexibility index (Phi) is 8.37. The van der Waals surface area contributed by atoms with Gasteiger partial charge in [-0.2, -0.15) is 8.42 Å². The average Bonchev–Trinajstić information content (AvgIpc) is 2.53. The average molecular weight is 377 g/mol. The molecule has 1 amide bonds. The number of hydrogen-bond donors (Lipinski definition) is 2. The molecule has 0 spiro atoms. The zero-order valence-electron chi connectivity index (χ0n) is 12.2. The van der Waals surface area contributed by atoms with Crippen molar-refractivity contribution in [2.45, 2.75) is 11.5 Å². The molecule has 124 valence electrons. The minimum absolute atomic E-state index is 0. The number of carbonyl (C=O) groups is 1. The standard InChI is InChI=1S/C15H15NO6S.K.H/c1-21-13-8-7-12(9-14(13)23(18,19)20)16-15(17)22-10-11-5-3-2-4-6-11;;/h2-9H,10H2,1H3,(H,16,17)(H,18,19,20);;. The molecule has 0 saturated heterocycles. The van der Waals surface area contributed by atoms with E-state index in [1.165, 1.54) is 19.2 Å². The van der Waals surface area contributed by atoms with E-state index in [2.05, 4.69) is 5.32 Å². The molecule has 2 rings (SSSR count). The number of nitrogens with one attached hydrogen (secondary N) is 1. The molecule has 2 aromatic carbocycles. The SMILES string of the molecule is COc1ccc(NC(=O)OCc2ccccc2)cc1S(=O)(=O)O.[KH]. The molecular weight excluding hydrogens is 361 g/mol. The van der Waals surface area contributed by atoms with Gasteiger partial charge in [0.1, 0.15) is 17.3 Å². The van der Waals surface area contributed by atoms with Crippen molar-refractivity contribution >= 4 is 73.3 Å². The van der Waals surface area contributed by atoms with Crippen LogP contribution < -0.4 is 10.1 Å². The van der Waals surface area contributed by atoms with Gasteiger partial charge in [0, 0.05) is 5.69 Å². The summed E-state index contributed by atoms with van der Waals surface area (Å²) in [6.07, 6.45) is -0.750. The predicted molar refractivity (Wildman–Crippen MR) is 90.2 cm³/mol. The fourth-order valence-electron chi connectivity index (χ4n) is 1.83. The molecule has 9 heteroatoms. The van der Waals surface area contributed by atoms with E-state index in [0.717, 1.165) is 11.6 Å². The predicted octanol–water partition coefficient (Wildman–Crippen LogP) is 2.04. The second-order valence-corrected chi connectivity index (χ2v) is 5.92. The van der Waals surface area contributed by atoms with Crippen LogP contribution >= 0.6 is 0 Å². The third kappa shape index (κ3) is 6.17. The Morgan fingerprint density at radius 3 is 2.42 bits per heavy atom. The molecule has 0 aromatic heterocycles. The second-order valence-electron chi connectivity index (χ2n) is 4.53. The fourth-order valence-corrected chi connectivity index (χ4v) is 2.51. The van der Waals surface area contributed by atoms with Gasteiger partial charge in [0.2, 0.25) is 0 Å². The molecule has 0 atom stereocenters. The molecule has 0 radical (unpaired) electrons. The summed E-state index contributed by atoms with van der Waals surface area (Å²) in [5.74, 6) is -0.0318. The third-order valence-corrected chi connectivity index (χ3v) is 3.78. The van der Waals surface area contributed by atoms with Crippen LogP contribution in [-0.4, -0.2) is 77.6 Å². The summed E-state index contributed by atoms with van der Waals surface area (Å²) in [7, 11) is -3.21. The van der Waals surface area contributed by atoms with Gasteiger partial charge in [-0.05, 0) is 23.8 Å². The van der Waals surface area contributed by atoms with Crippen LogP contribution in [0.15, 0.2) is 53.4 Å². The maximum atomic E-state index is 11.7. The van der Waals surface area contributed by atoms with E-state index in [-0.39, 0.29) is 69.4 Å². The van der Waals surface area contributed by atoms with Crippen LogP contribution in [0.25, 0.3) is 0 Å². The Labute approximate surface area is 182 Å². The molecule has 0 fully saturated rings. The minimum atomic E-state index is -4.48. The van der Waals surface area contributed by atoms with Crippen molar-refractivity contribution in [1.29, 1.82) is 0 Å². The Morgan fingerprint density at radius 1 is 1.17 bits per heavy atom. The number of hydrogen-bond acceptors (Lipinski definition) is 5. The molecule has 0 unspecified atom stereocenters. The number of rotatable bonds is 5. The topological polar surface area (TPSA) is 102 Å². The molecular formula is C15H16KNO6S. The molecule has 24 heavy (non-hydrogen) atoms. The van der Waals surface area contributed by atoms with Gasteiger partial charge in [0.25, 0.3) is 10.1 Å². The van der Waals surface area contributed by atoms with E-state index in [0.29, 0.717) is 0 Å². The third-order valence-electron chi connectivity index (χ3n) is 2.90. The van der Waals surface area contributed by atoms with Crippen LogP contribution in [0.3, 0.4) is 0 Å². The van der Waals surface area contributed by atoms with E-state index in [4.69, 9.17) is 14.0 Å². The Bertz CT molecular complexity index is 795. The number of anilines is 1. The second kappa shape index (κ2) is 9.52. The summed E-state index contributed by atoms with van der Waals surface area (Å²) in [5, 5.41) is 2.38. The van der Waals surface area contributed by atoms with Crippen LogP contribution in [0.2, 0.25) is 0 Å². The molecule has 0 heterocycles. The quantitative estimate of drug-likeness (QED) is 0.611. The Hall–Kier alpha value is -0.944. The molecule has 0 saturated carbocycles. The van der Waals surface area contributed by atoms with Crippen LogP contribution in [0.5, 0.6) is 5.75 Å². The summed E-state index contributed by atoms with van der Waals surface area (Å²) in [6, 6.07) is 12.9. The van der Waals surface area contributed by atoms with Gasteiger partial charge in [0.05, 0.1) is 7.11 Å². The van der Waals surface area contributed by atoms with E-state index < -0.39 is 21.1 Å². The van der Waals surface area contributed by atoms with Gasteiger partial charge < -0.3 is 9.47 Å². The van der Waals surface area contributed by atoms with E-state index >= 15 is 0 Å². The Morgan fingerprint density at radius 2 is 1.83 bits per heavy atom. The van der Waals surface area contributed by atoms with Gasteiger partial charge in [-0.15, -0.1) is 0 Å². The zero-order valence-corrected chi connectivity index (χ0v) is 13.0. The molecule has 2 N–H and O–H groups in total. The fraction of sp³-hybridized carbons (Fsp3) is 0.133. The first-order valence-corrected chi connectivity index (χ1v) is 7.97. The van der Waals surface area contributed by atoms with Gasteiger partial charge in [-0.1, -0.05) is 30.3 Å². The summed E-state index contributed by atoms with van der Waals surface area (Å²) in [6.45, 7) is 0.0774. The van der Waals surface area contributed by atoms with Gasteiger partial charge >= 0.3 is 57.5 Å². The Balaban J connectivity index is 0.00000288. The molecule has 2 aromatic rings. The normalized spacial score (nSPS) is 10.4. The van der Waals surface area contributed by atoms with Gasteiger partial charge in [-0.3, -0.25) is 9.87 Å². The number of carbonyl (C=O) groups excluding carboxylic acids is 1. The summed E-state index contributed by atoms with van der Waals surface area (Å²) in [4.78, 5) is 11.3. The monoisotopic (exact) mass is 377 g/mol. The first kappa shape index (κ1) is 21.1. The van der Waals surface area contributed by atoms with Crippen LogP contribution in [-0.2, 0) is 21.5 Å². The van der Waals surface area contributed by atoms with E-state index in [1.807, 2.05) is 18.2 Å². The molecule has 0 aliphatic heterocycles. The van der Waals surface area contributed by atoms with Crippen molar-refractivity contribution in [3.63, 3.8) is 0 Å². The summed E-state index contributed by atoms with van der Waals surface area (Å²) >= 11 is 0. The van der Waals surface area contributed by atoms with Crippen LogP contribution in [0.4, 0.5) is 10.5 Å². The number of ether oxygens (including phenoxy) is 2. The number of methoxy groups -OCH3 is 1. The van der Waals surface area contributed by atoms with Crippen molar-refractivity contribution in [2.24, 2.45) is 0 Å². The van der Waals surface area contributed by atoms with E-state index in [1.54, 1.807) is 12.1 Å². The first-order valence-electron chi connectivity index (χ1n) is 6.53. The number of benzene rings is 2.